The largest absolute Gasteiger partial charge is 0.398 e. The first-order valence-electron chi connectivity index (χ1n) is 4.29. The number of anilines is 1. The minimum Gasteiger partial charge on any atom is -0.398 e. The third-order valence-corrected chi connectivity index (χ3v) is 1.64. The van der Waals surface area contributed by atoms with E-state index in [0.29, 0.717) is 24.2 Å². The van der Waals surface area contributed by atoms with E-state index in [1.165, 1.54) is 18.2 Å². The average molecular weight is 204 g/mol. The van der Waals surface area contributed by atoms with Gasteiger partial charge >= 0.3 is 0 Å². The molecular formula is C10H9FN4. The van der Waals surface area contributed by atoms with Gasteiger partial charge in [0.25, 0.3) is 0 Å². The van der Waals surface area contributed by atoms with E-state index in [2.05, 4.69) is 21.9 Å². The van der Waals surface area contributed by atoms with Crippen LogP contribution in [-0.4, -0.2) is 6.54 Å². The Morgan fingerprint density at radius 1 is 1.53 bits per heavy atom. The summed E-state index contributed by atoms with van der Waals surface area (Å²) in [5.74, 6) is 5.17. The fourth-order valence-corrected chi connectivity index (χ4v) is 0.956. The maximum Gasteiger partial charge on any atom is 0.125 e. The molecule has 4 nitrogen and oxygen atoms in total. The number of benzene rings is 1. The number of azide groups is 1. The maximum absolute atomic E-state index is 12.7. The average Bonchev–Trinajstić information content (AvgIpc) is 2.20. The molecule has 0 saturated carbocycles. The minimum atomic E-state index is -0.382. The number of halogens is 1. The summed E-state index contributed by atoms with van der Waals surface area (Å²) in [4.78, 5) is 2.59. The van der Waals surface area contributed by atoms with Crippen molar-refractivity contribution in [2.75, 3.05) is 12.3 Å². The van der Waals surface area contributed by atoms with Crippen molar-refractivity contribution in [2.45, 2.75) is 6.42 Å². The Morgan fingerprint density at radius 2 is 2.33 bits per heavy atom. The summed E-state index contributed by atoms with van der Waals surface area (Å²) in [7, 11) is 0. The van der Waals surface area contributed by atoms with Crippen LogP contribution in [0.25, 0.3) is 10.4 Å². The zero-order valence-corrected chi connectivity index (χ0v) is 7.94. The molecule has 0 aliphatic carbocycles. The van der Waals surface area contributed by atoms with Gasteiger partial charge in [0, 0.05) is 23.4 Å². The molecule has 0 atom stereocenters. The highest BCUT2D eigenvalue weighted by Crippen LogP contribution is 2.11. The Morgan fingerprint density at radius 3 is 3.00 bits per heavy atom. The first-order valence-corrected chi connectivity index (χ1v) is 4.29. The first kappa shape index (κ1) is 10.9. The van der Waals surface area contributed by atoms with E-state index >= 15 is 0 Å². The molecule has 2 N–H and O–H groups in total. The zero-order chi connectivity index (χ0) is 11.1. The lowest BCUT2D eigenvalue weighted by Crippen LogP contribution is -1.91. The molecule has 1 aromatic rings. The molecule has 0 saturated heterocycles. The van der Waals surface area contributed by atoms with E-state index in [1.807, 2.05) is 0 Å². The van der Waals surface area contributed by atoms with Crippen LogP contribution in [0.5, 0.6) is 0 Å². The molecule has 1 aromatic carbocycles. The van der Waals surface area contributed by atoms with Crippen molar-refractivity contribution in [3.05, 3.63) is 40.0 Å². The summed E-state index contributed by atoms with van der Waals surface area (Å²) >= 11 is 0. The predicted octanol–water partition coefficient (Wildman–Crippen LogP) is 2.46. The molecule has 0 unspecified atom stereocenters. The van der Waals surface area contributed by atoms with Gasteiger partial charge < -0.3 is 5.73 Å². The highest BCUT2D eigenvalue weighted by molar-refractivity contribution is 5.55. The second-order valence-corrected chi connectivity index (χ2v) is 2.74. The summed E-state index contributed by atoms with van der Waals surface area (Å²) in [5.41, 5.74) is 14.4. The molecule has 0 fully saturated rings. The van der Waals surface area contributed by atoms with Gasteiger partial charge in [0.05, 0.1) is 5.69 Å². The van der Waals surface area contributed by atoms with E-state index < -0.39 is 0 Å². The van der Waals surface area contributed by atoms with Gasteiger partial charge in [-0.15, -0.1) is 0 Å². The lowest BCUT2D eigenvalue weighted by atomic mass is 10.2. The lowest BCUT2D eigenvalue weighted by molar-refractivity contribution is 0.628. The van der Waals surface area contributed by atoms with Gasteiger partial charge in [-0.1, -0.05) is 17.0 Å². The normalized spacial score (nSPS) is 8.60. The van der Waals surface area contributed by atoms with E-state index in [9.17, 15) is 4.39 Å². The fourth-order valence-electron chi connectivity index (χ4n) is 0.956. The summed E-state index contributed by atoms with van der Waals surface area (Å²) in [5, 5.41) is 3.33. The molecule has 0 aromatic heterocycles. The molecular weight excluding hydrogens is 195 g/mol. The van der Waals surface area contributed by atoms with Crippen molar-refractivity contribution in [1.29, 1.82) is 0 Å². The fraction of sp³-hybridized carbons (Fsp3) is 0.200. The highest BCUT2D eigenvalue weighted by atomic mass is 19.1. The maximum atomic E-state index is 12.7. The van der Waals surface area contributed by atoms with Gasteiger partial charge in [0.2, 0.25) is 0 Å². The van der Waals surface area contributed by atoms with Crippen molar-refractivity contribution in [3.63, 3.8) is 0 Å². The Bertz CT molecular complexity index is 452. The third kappa shape index (κ3) is 3.59. The number of hydrogen-bond acceptors (Lipinski definition) is 2. The van der Waals surface area contributed by atoms with Crippen LogP contribution in [-0.2, 0) is 0 Å². The van der Waals surface area contributed by atoms with Crippen molar-refractivity contribution in [2.24, 2.45) is 5.11 Å². The van der Waals surface area contributed by atoms with E-state index in [0.717, 1.165) is 0 Å². The molecule has 0 radical (unpaired) electrons. The smallest absolute Gasteiger partial charge is 0.125 e. The van der Waals surface area contributed by atoms with Gasteiger partial charge in [-0.3, -0.25) is 0 Å². The van der Waals surface area contributed by atoms with Crippen molar-refractivity contribution >= 4 is 5.69 Å². The van der Waals surface area contributed by atoms with Gasteiger partial charge in [-0.2, -0.15) is 0 Å². The molecule has 1 rings (SSSR count). The van der Waals surface area contributed by atoms with Crippen LogP contribution in [0.3, 0.4) is 0 Å². The van der Waals surface area contributed by atoms with Crippen molar-refractivity contribution in [3.8, 4) is 11.8 Å². The number of nitrogen functional groups attached to an aromatic ring is 1. The van der Waals surface area contributed by atoms with Crippen LogP contribution in [0, 0.1) is 17.7 Å². The van der Waals surface area contributed by atoms with E-state index in [1.54, 1.807) is 0 Å². The number of hydrogen-bond donors (Lipinski definition) is 1. The predicted molar refractivity (Wildman–Crippen MR) is 56.3 cm³/mol. The highest BCUT2D eigenvalue weighted by Gasteiger charge is 1.96. The standard InChI is InChI=1S/C10H9FN4/c11-9-5-4-8(10(12)7-9)3-1-2-6-14-15-13/h4-5,7H,2,6,12H2. The quantitative estimate of drug-likeness (QED) is 0.197. The Kier molecular flexibility index (Phi) is 4.02. The number of nitrogens with two attached hydrogens (primary N) is 1. The molecule has 15 heavy (non-hydrogen) atoms. The van der Waals surface area contributed by atoms with E-state index in [4.69, 9.17) is 11.3 Å². The second-order valence-electron chi connectivity index (χ2n) is 2.74. The zero-order valence-electron chi connectivity index (χ0n) is 7.94. The summed E-state index contributed by atoms with van der Waals surface area (Å²) in [6.07, 6.45) is 0.459. The Balaban J connectivity index is 2.67. The SMILES string of the molecule is [N-]=[N+]=NCCC#Cc1ccc(F)cc1N. The van der Waals surface area contributed by atoms with Crippen LogP contribution in [0.1, 0.15) is 12.0 Å². The van der Waals surface area contributed by atoms with Crippen LogP contribution < -0.4 is 5.73 Å². The lowest BCUT2D eigenvalue weighted by Gasteiger charge is -1.96. The monoisotopic (exact) mass is 204 g/mol. The molecule has 0 bridgehead atoms. The Hall–Kier alpha value is -2.18. The van der Waals surface area contributed by atoms with Gasteiger partial charge in [0.15, 0.2) is 0 Å². The second kappa shape index (κ2) is 5.53. The van der Waals surface area contributed by atoms with Crippen molar-refractivity contribution < 1.29 is 4.39 Å². The third-order valence-electron chi connectivity index (χ3n) is 1.64. The van der Waals surface area contributed by atoms with Gasteiger partial charge in [-0.05, 0) is 23.7 Å². The molecule has 5 heteroatoms. The van der Waals surface area contributed by atoms with Crippen LogP contribution >= 0.6 is 0 Å². The Labute approximate surface area is 86.5 Å². The first-order chi connectivity index (χ1) is 7.24. The number of rotatable bonds is 2. The molecule has 76 valence electrons. The van der Waals surface area contributed by atoms with Crippen LogP contribution in [0.4, 0.5) is 10.1 Å². The van der Waals surface area contributed by atoms with Crippen LogP contribution in [0.15, 0.2) is 23.3 Å². The van der Waals surface area contributed by atoms with Crippen LogP contribution in [0.2, 0.25) is 0 Å². The summed E-state index contributed by atoms with van der Waals surface area (Å²) < 4.78 is 12.7. The summed E-state index contributed by atoms with van der Waals surface area (Å²) in [6, 6.07) is 4.04. The molecule has 0 aliphatic heterocycles. The number of nitrogens with zero attached hydrogens (tertiary/aromatic N) is 3. The van der Waals surface area contributed by atoms with E-state index in [-0.39, 0.29) is 5.82 Å². The molecule has 0 heterocycles. The van der Waals surface area contributed by atoms with Crippen molar-refractivity contribution in [1.82, 2.24) is 0 Å². The molecule has 0 spiro atoms. The topological polar surface area (TPSA) is 74.8 Å². The molecule has 0 aliphatic rings. The summed E-state index contributed by atoms with van der Waals surface area (Å²) in [6.45, 7) is 0.324. The minimum absolute atomic E-state index is 0.311. The van der Waals surface area contributed by atoms with Gasteiger partial charge in [0.1, 0.15) is 5.82 Å². The molecule has 0 amide bonds. The van der Waals surface area contributed by atoms with Gasteiger partial charge in [-0.25, -0.2) is 4.39 Å².